The summed E-state index contributed by atoms with van der Waals surface area (Å²) in [5.41, 5.74) is 1.17. The SMILES string of the molecule is COc1ccc(Br)cc1CNCCC1COCCN1. The number of methoxy groups -OCH3 is 1. The van der Waals surface area contributed by atoms with Gasteiger partial charge in [-0.1, -0.05) is 15.9 Å². The molecule has 19 heavy (non-hydrogen) atoms. The van der Waals surface area contributed by atoms with Crippen molar-refractivity contribution < 1.29 is 9.47 Å². The van der Waals surface area contributed by atoms with Crippen LogP contribution in [0.25, 0.3) is 0 Å². The van der Waals surface area contributed by atoms with Gasteiger partial charge in [0, 0.05) is 29.2 Å². The summed E-state index contributed by atoms with van der Waals surface area (Å²) in [4.78, 5) is 0. The Morgan fingerprint density at radius 3 is 3.16 bits per heavy atom. The zero-order valence-corrected chi connectivity index (χ0v) is 12.8. The number of benzene rings is 1. The van der Waals surface area contributed by atoms with Crippen LogP contribution in [0.3, 0.4) is 0 Å². The molecule has 1 aromatic carbocycles. The lowest BCUT2D eigenvalue weighted by atomic mass is 10.1. The van der Waals surface area contributed by atoms with Crippen molar-refractivity contribution in [2.45, 2.75) is 19.0 Å². The van der Waals surface area contributed by atoms with Crippen LogP contribution >= 0.6 is 15.9 Å². The minimum absolute atomic E-state index is 0.477. The van der Waals surface area contributed by atoms with Crippen LogP contribution in [0.15, 0.2) is 22.7 Å². The van der Waals surface area contributed by atoms with E-state index >= 15 is 0 Å². The van der Waals surface area contributed by atoms with Crippen LogP contribution in [0.1, 0.15) is 12.0 Å². The van der Waals surface area contributed by atoms with E-state index in [-0.39, 0.29) is 0 Å². The van der Waals surface area contributed by atoms with Gasteiger partial charge in [0.05, 0.1) is 20.3 Å². The highest BCUT2D eigenvalue weighted by Gasteiger charge is 2.12. The molecule has 0 bridgehead atoms. The van der Waals surface area contributed by atoms with E-state index in [4.69, 9.17) is 9.47 Å². The number of ether oxygens (including phenoxy) is 2. The molecule has 1 saturated heterocycles. The van der Waals surface area contributed by atoms with E-state index in [0.717, 1.165) is 49.5 Å². The predicted molar refractivity (Wildman–Crippen MR) is 79.6 cm³/mol. The Labute approximate surface area is 123 Å². The van der Waals surface area contributed by atoms with Gasteiger partial charge in [0.25, 0.3) is 0 Å². The number of morpholine rings is 1. The zero-order chi connectivity index (χ0) is 13.5. The summed E-state index contributed by atoms with van der Waals surface area (Å²) in [6, 6.07) is 6.54. The first kappa shape index (κ1) is 14.8. The highest BCUT2D eigenvalue weighted by atomic mass is 79.9. The lowest BCUT2D eigenvalue weighted by Gasteiger charge is -2.23. The highest BCUT2D eigenvalue weighted by Crippen LogP contribution is 2.22. The second kappa shape index (κ2) is 7.85. The van der Waals surface area contributed by atoms with Gasteiger partial charge in [-0.3, -0.25) is 0 Å². The third-order valence-corrected chi connectivity index (χ3v) is 3.72. The van der Waals surface area contributed by atoms with Crippen molar-refractivity contribution in [1.82, 2.24) is 10.6 Å². The molecule has 1 heterocycles. The fraction of sp³-hybridized carbons (Fsp3) is 0.571. The van der Waals surface area contributed by atoms with Crippen molar-refractivity contribution in [3.63, 3.8) is 0 Å². The fourth-order valence-electron chi connectivity index (χ4n) is 2.19. The van der Waals surface area contributed by atoms with Gasteiger partial charge in [-0.2, -0.15) is 0 Å². The molecule has 0 saturated carbocycles. The quantitative estimate of drug-likeness (QED) is 0.783. The molecule has 0 spiro atoms. The molecule has 1 atom stereocenters. The van der Waals surface area contributed by atoms with Crippen LogP contribution in [0.2, 0.25) is 0 Å². The normalized spacial score (nSPS) is 19.4. The first-order valence-electron chi connectivity index (χ1n) is 6.64. The van der Waals surface area contributed by atoms with E-state index in [1.807, 2.05) is 12.1 Å². The molecule has 4 nitrogen and oxygen atoms in total. The molecule has 1 aromatic rings. The largest absolute Gasteiger partial charge is 0.496 e. The Morgan fingerprint density at radius 1 is 1.53 bits per heavy atom. The van der Waals surface area contributed by atoms with Gasteiger partial charge in [0.2, 0.25) is 0 Å². The van der Waals surface area contributed by atoms with Crippen molar-refractivity contribution in [1.29, 1.82) is 0 Å². The first-order valence-corrected chi connectivity index (χ1v) is 7.43. The average Bonchev–Trinajstić information content (AvgIpc) is 2.45. The van der Waals surface area contributed by atoms with Crippen LogP contribution < -0.4 is 15.4 Å². The molecule has 0 aromatic heterocycles. The number of halogens is 1. The van der Waals surface area contributed by atoms with Crippen LogP contribution in [0, 0.1) is 0 Å². The Hall–Kier alpha value is -0.620. The minimum atomic E-state index is 0.477. The standard InChI is InChI=1S/C14H21BrN2O2/c1-18-14-3-2-12(15)8-11(14)9-16-5-4-13-10-19-7-6-17-13/h2-3,8,13,16-17H,4-7,9-10H2,1H3. The summed E-state index contributed by atoms with van der Waals surface area (Å²) in [6.45, 7) is 4.40. The topological polar surface area (TPSA) is 42.5 Å². The Morgan fingerprint density at radius 2 is 2.42 bits per heavy atom. The van der Waals surface area contributed by atoms with Crippen molar-refractivity contribution in [2.24, 2.45) is 0 Å². The molecule has 106 valence electrons. The van der Waals surface area contributed by atoms with Crippen molar-refractivity contribution >= 4 is 15.9 Å². The Bertz CT molecular complexity index is 395. The third kappa shape index (κ3) is 4.76. The Kier molecular flexibility index (Phi) is 6.10. The van der Waals surface area contributed by atoms with E-state index in [1.165, 1.54) is 5.56 Å². The maximum atomic E-state index is 5.43. The second-order valence-corrected chi connectivity index (χ2v) is 5.56. The van der Waals surface area contributed by atoms with Crippen molar-refractivity contribution in [3.05, 3.63) is 28.2 Å². The van der Waals surface area contributed by atoms with Crippen LogP contribution in [0.4, 0.5) is 0 Å². The maximum absolute atomic E-state index is 5.43. The molecule has 2 N–H and O–H groups in total. The molecule has 0 amide bonds. The third-order valence-electron chi connectivity index (χ3n) is 3.23. The zero-order valence-electron chi connectivity index (χ0n) is 11.2. The molecule has 1 aliphatic heterocycles. The monoisotopic (exact) mass is 328 g/mol. The lowest BCUT2D eigenvalue weighted by molar-refractivity contribution is 0.0742. The average molecular weight is 329 g/mol. The molecule has 1 fully saturated rings. The van der Waals surface area contributed by atoms with E-state index in [1.54, 1.807) is 7.11 Å². The van der Waals surface area contributed by atoms with Gasteiger partial charge in [-0.05, 0) is 31.2 Å². The molecular weight excluding hydrogens is 308 g/mol. The van der Waals surface area contributed by atoms with Gasteiger partial charge < -0.3 is 20.1 Å². The summed E-state index contributed by atoms with van der Waals surface area (Å²) < 4.78 is 11.9. The number of rotatable bonds is 6. The summed E-state index contributed by atoms with van der Waals surface area (Å²) in [5.74, 6) is 0.926. The molecule has 1 aliphatic rings. The van der Waals surface area contributed by atoms with Gasteiger partial charge >= 0.3 is 0 Å². The minimum Gasteiger partial charge on any atom is -0.496 e. The van der Waals surface area contributed by atoms with Gasteiger partial charge in [0.15, 0.2) is 0 Å². The van der Waals surface area contributed by atoms with E-state index in [2.05, 4.69) is 32.6 Å². The molecule has 0 aliphatic carbocycles. The lowest BCUT2D eigenvalue weighted by Crippen LogP contribution is -2.42. The predicted octanol–water partition coefficient (Wildman–Crippen LogP) is 1.93. The highest BCUT2D eigenvalue weighted by molar-refractivity contribution is 9.10. The van der Waals surface area contributed by atoms with Gasteiger partial charge in [0.1, 0.15) is 5.75 Å². The van der Waals surface area contributed by atoms with Crippen LogP contribution in [-0.2, 0) is 11.3 Å². The summed E-state index contributed by atoms with van der Waals surface area (Å²) in [7, 11) is 1.70. The molecular formula is C14H21BrN2O2. The summed E-state index contributed by atoms with van der Waals surface area (Å²) in [5, 5.41) is 6.91. The van der Waals surface area contributed by atoms with E-state index in [0.29, 0.717) is 6.04 Å². The number of nitrogens with one attached hydrogen (secondary N) is 2. The first-order chi connectivity index (χ1) is 9.29. The van der Waals surface area contributed by atoms with E-state index < -0.39 is 0 Å². The van der Waals surface area contributed by atoms with Crippen LogP contribution in [0.5, 0.6) is 5.75 Å². The fourth-order valence-corrected chi connectivity index (χ4v) is 2.60. The van der Waals surface area contributed by atoms with Crippen molar-refractivity contribution in [2.75, 3.05) is 33.4 Å². The Balaban J connectivity index is 1.74. The molecule has 1 unspecified atom stereocenters. The molecule has 2 rings (SSSR count). The van der Waals surface area contributed by atoms with Crippen LogP contribution in [-0.4, -0.2) is 39.5 Å². The maximum Gasteiger partial charge on any atom is 0.123 e. The summed E-state index contributed by atoms with van der Waals surface area (Å²) in [6.07, 6.45) is 1.08. The smallest absolute Gasteiger partial charge is 0.123 e. The van der Waals surface area contributed by atoms with Gasteiger partial charge in [-0.25, -0.2) is 0 Å². The molecule has 0 radical (unpaired) electrons. The molecule has 5 heteroatoms. The summed E-state index contributed by atoms with van der Waals surface area (Å²) >= 11 is 3.49. The van der Waals surface area contributed by atoms with E-state index in [9.17, 15) is 0 Å². The van der Waals surface area contributed by atoms with Crippen molar-refractivity contribution in [3.8, 4) is 5.75 Å². The van der Waals surface area contributed by atoms with Gasteiger partial charge in [-0.15, -0.1) is 0 Å². The second-order valence-electron chi connectivity index (χ2n) is 4.65. The number of hydrogen-bond acceptors (Lipinski definition) is 4. The number of hydrogen-bond donors (Lipinski definition) is 2.